The Morgan fingerprint density at radius 1 is 1.30 bits per heavy atom. The normalized spacial score (nSPS) is 16.5. The second-order valence-electron chi connectivity index (χ2n) is 6.24. The zero-order chi connectivity index (χ0) is 18.8. The maximum Gasteiger partial charge on any atom is 0.272 e. The second kappa shape index (κ2) is 7.48. The molecule has 3 heterocycles. The zero-order valence-corrected chi connectivity index (χ0v) is 15.8. The highest BCUT2D eigenvalue weighted by Crippen LogP contribution is 2.25. The molecule has 1 fully saturated rings. The summed E-state index contributed by atoms with van der Waals surface area (Å²) in [5.74, 6) is 0.0761. The van der Waals surface area contributed by atoms with Crippen LogP contribution in [0.4, 0.5) is 4.39 Å². The molecule has 8 heteroatoms. The van der Waals surface area contributed by atoms with E-state index in [1.54, 1.807) is 29.3 Å². The molecular weight excluding hydrogens is 415 g/mol. The highest BCUT2D eigenvalue weighted by Gasteiger charge is 2.30. The number of nitrogens with one attached hydrogen (secondary N) is 1. The molecule has 2 aromatic heterocycles. The van der Waals surface area contributed by atoms with Crippen molar-refractivity contribution < 1.29 is 13.9 Å². The Labute approximate surface area is 163 Å². The van der Waals surface area contributed by atoms with E-state index in [0.717, 1.165) is 16.5 Å². The Morgan fingerprint density at radius 2 is 2.11 bits per heavy atom. The fraction of sp³-hybridized carbons (Fsp3) is 0.211. The summed E-state index contributed by atoms with van der Waals surface area (Å²) >= 11 is 3.41. The molecule has 1 amide bonds. The topological polar surface area (TPSA) is 71.1 Å². The molecule has 3 aromatic rings. The van der Waals surface area contributed by atoms with Crippen LogP contribution in [0, 0.1) is 5.82 Å². The summed E-state index contributed by atoms with van der Waals surface area (Å²) < 4.78 is 19.7. The highest BCUT2D eigenvalue weighted by atomic mass is 79.9. The highest BCUT2D eigenvalue weighted by molar-refractivity contribution is 9.10. The number of rotatable bonds is 4. The zero-order valence-electron chi connectivity index (χ0n) is 14.2. The molecule has 1 unspecified atom stereocenters. The van der Waals surface area contributed by atoms with Crippen molar-refractivity contribution >= 4 is 21.8 Å². The summed E-state index contributed by atoms with van der Waals surface area (Å²) in [6.45, 7) is 1.08. The smallest absolute Gasteiger partial charge is 0.272 e. The number of carbonyl (C=O) groups is 1. The van der Waals surface area contributed by atoms with E-state index in [2.05, 4.69) is 31.1 Å². The average molecular weight is 431 g/mol. The van der Waals surface area contributed by atoms with Gasteiger partial charge in [0.15, 0.2) is 0 Å². The molecule has 27 heavy (non-hydrogen) atoms. The van der Waals surface area contributed by atoms with Crippen molar-refractivity contribution in [3.63, 3.8) is 0 Å². The standard InChI is InChI=1S/C19H16BrFN4O2/c20-15-2-1-8-22-18(15)27-14-7-9-25(11-14)19(26)17-10-16(23-24-17)12-3-5-13(21)6-4-12/h1-6,8,10,14H,7,9,11H2,(H,23,24). The minimum Gasteiger partial charge on any atom is -0.472 e. The molecule has 0 radical (unpaired) electrons. The van der Waals surface area contributed by atoms with Crippen molar-refractivity contribution in [2.75, 3.05) is 13.1 Å². The van der Waals surface area contributed by atoms with E-state index >= 15 is 0 Å². The van der Waals surface area contributed by atoms with Gasteiger partial charge in [0.1, 0.15) is 17.6 Å². The van der Waals surface area contributed by atoms with Crippen LogP contribution in [-0.2, 0) is 0 Å². The van der Waals surface area contributed by atoms with Gasteiger partial charge >= 0.3 is 0 Å². The van der Waals surface area contributed by atoms with E-state index in [9.17, 15) is 9.18 Å². The van der Waals surface area contributed by atoms with Gasteiger partial charge in [-0.25, -0.2) is 9.37 Å². The number of carbonyl (C=O) groups excluding carboxylic acids is 1. The predicted octanol–water partition coefficient (Wildman–Crippen LogP) is 3.67. The molecule has 1 N–H and O–H groups in total. The fourth-order valence-electron chi connectivity index (χ4n) is 2.99. The molecule has 1 aliphatic heterocycles. The third-order valence-corrected chi connectivity index (χ3v) is 4.99. The molecule has 0 aliphatic carbocycles. The van der Waals surface area contributed by atoms with Gasteiger partial charge in [-0.1, -0.05) is 0 Å². The lowest BCUT2D eigenvalue weighted by atomic mass is 10.1. The van der Waals surface area contributed by atoms with Crippen molar-refractivity contribution in [1.29, 1.82) is 0 Å². The lowest BCUT2D eigenvalue weighted by molar-refractivity contribution is 0.0765. The van der Waals surface area contributed by atoms with Crippen LogP contribution >= 0.6 is 15.9 Å². The monoisotopic (exact) mass is 430 g/mol. The quantitative estimate of drug-likeness (QED) is 0.685. The Morgan fingerprint density at radius 3 is 2.89 bits per heavy atom. The summed E-state index contributed by atoms with van der Waals surface area (Å²) in [4.78, 5) is 18.6. The number of benzene rings is 1. The first-order valence-electron chi connectivity index (χ1n) is 8.48. The van der Waals surface area contributed by atoms with Crippen LogP contribution in [-0.4, -0.2) is 45.2 Å². The first-order chi connectivity index (χ1) is 13.1. The van der Waals surface area contributed by atoms with E-state index in [1.807, 2.05) is 12.1 Å². The van der Waals surface area contributed by atoms with E-state index < -0.39 is 0 Å². The van der Waals surface area contributed by atoms with Crippen LogP contribution in [0.25, 0.3) is 11.3 Å². The number of amides is 1. The number of halogens is 2. The molecule has 0 bridgehead atoms. The van der Waals surface area contributed by atoms with Gasteiger partial charge < -0.3 is 9.64 Å². The lowest BCUT2D eigenvalue weighted by Gasteiger charge is -2.16. The summed E-state index contributed by atoms with van der Waals surface area (Å²) in [5, 5.41) is 6.94. The Kier molecular flexibility index (Phi) is 4.89. The van der Waals surface area contributed by atoms with Gasteiger partial charge in [-0.15, -0.1) is 0 Å². The molecular formula is C19H16BrFN4O2. The van der Waals surface area contributed by atoms with E-state index in [1.165, 1.54) is 12.1 Å². The van der Waals surface area contributed by atoms with Crippen LogP contribution in [0.3, 0.4) is 0 Å². The Hall–Kier alpha value is -2.74. The van der Waals surface area contributed by atoms with Crippen LogP contribution in [0.2, 0.25) is 0 Å². The van der Waals surface area contributed by atoms with Crippen LogP contribution in [0.15, 0.2) is 53.1 Å². The summed E-state index contributed by atoms with van der Waals surface area (Å²) in [7, 11) is 0. The molecule has 1 saturated heterocycles. The third-order valence-electron chi connectivity index (χ3n) is 4.38. The van der Waals surface area contributed by atoms with Crippen LogP contribution in [0.1, 0.15) is 16.9 Å². The number of aromatic nitrogens is 3. The molecule has 6 nitrogen and oxygen atoms in total. The van der Waals surface area contributed by atoms with Crippen molar-refractivity contribution in [2.45, 2.75) is 12.5 Å². The maximum absolute atomic E-state index is 13.0. The minimum atomic E-state index is -0.312. The van der Waals surface area contributed by atoms with Gasteiger partial charge in [-0.05, 0) is 58.4 Å². The Bertz CT molecular complexity index is 960. The van der Waals surface area contributed by atoms with Crippen molar-refractivity contribution in [2.24, 2.45) is 0 Å². The number of hydrogen-bond acceptors (Lipinski definition) is 4. The van der Waals surface area contributed by atoms with Crippen molar-refractivity contribution in [3.8, 4) is 17.1 Å². The molecule has 0 saturated carbocycles. The molecule has 4 rings (SSSR count). The predicted molar refractivity (Wildman–Crippen MR) is 101 cm³/mol. The van der Waals surface area contributed by atoms with Gasteiger partial charge in [0.05, 0.1) is 16.7 Å². The minimum absolute atomic E-state index is 0.111. The van der Waals surface area contributed by atoms with E-state index in [4.69, 9.17) is 4.74 Å². The van der Waals surface area contributed by atoms with Crippen molar-refractivity contribution in [1.82, 2.24) is 20.1 Å². The van der Waals surface area contributed by atoms with Gasteiger partial charge in [0.25, 0.3) is 5.91 Å². The first-order valence-corrected chi connectivity index (χ1v) is 9.27. The number of H-pyrrole nitrogens is 1. The van der Waals surface area contributed by atoms with Gasteiger partial charge in [-0.2, -0.15) is 5.10 Å². The third kappa shape index (κ3) is 3.85. The SMILES string of the molecule is O=C(c1cc(-c2ccc(F)cc2)n[nH]1)N1CCC(Oc2ncccc2Br)C1. The second-order valence-corrected chi connectivity index (χ2v) is 7.10. The van der Waals surface area contributed by atoms with Crippen molar-refractivity contribution in [3.05, 3.63) is 64.6 Å². The number of hydrogen-bond donors (Lipinski definition) is 1. The number of ether oxygens (including phenoxy) is 1. The van der Waals surface area contributed by atoms with Gasteiger partial charge in [0.2, 0.25) is 5.88 Å². The lowest BCUT2D eigenvalue weighted by Crippen LogP contribution is -2.31. The largest absolute Gasteiger partial charge is 0.472 e. The number of likely N-dealkylation sites (tertiary alicyclic amines) is 1. The fourth-order valence-corrected chi connectivity index (χ4v) is 3.34. The number of aromatic amines is 1. The summed E-state index contributed by atoms with van der Waals surface area (Å²) in [6, 6.07) is 11.3. The summed E-state index contributed by atoms with van der Waals surface area (Å²) in [5.41, 5.74) is 1.74. The number of pyridine rings is 1. The number of nitrogens with zero attached hydrogens (tertiary/aromatic N) is 3. The Balaban J connectivity index is 1.42. The van der Waals surface area contributed by atoms with E-state index in [-0.39, 0.29) is 17.8 Å². The maximum atomic E-state index is 13.0. The van der Waals surface area contributed by atoms with Gasteiger partial charge in [0, 0.05) is 24.7 Å². The van der Waals surface area contributed by atoms with Crippen LogP contribution < -0.4 is 4.74 Å². The van der Waals surface area contributed by atoms with Gasteiger partial charge in [-0.3, -0.25) is 9.89 Å². The summed E-state index contributed by atoms with van der Waals surface area (Å²) in [6.07, 6.45) is 2.28. The van der Waals surface area contributed by atoms with Crippen LogP contribution in [0.5, 0.6) is 5.88 Å². The molecule has 1 atom stereocenters. The van der Waals surface area contributed by atoms with E-state index in [0.29, 0.717) is 30.4 Å². The molecule has 1 aromatic carbocycles. The first kappa shape index (κ1) is 17.7. The molecule has 138 valence electrons. The average Bonchev–Trinajstić information content (AvgIpc) is 3.34. The molecule has 0 spiro atoms. The molecule has 1 aliphatic rings.